The van der Waals surface area contributed by atoms with Crippen LogP contribution in [0.3, 0.4) is 0 Å². The molecule has 2 aromatic rings. The molecule has 0 bridgehead atoms. The Hall–Kier alpha value is -2.70. The van der Waals surface area contributed by atoms with Crippen molar-refractivity contribution in [2.24, 2.45) is 0 Å². The first-order valence-corrected chi connectivity index (χ1v) is 7.02. The van der Waals surface area contributed by atoms with Gasteiger partial charge in [-0.25, -0.2) is 4.98 Å². The molecule has 1 aromatic heterocycles. The van der Waals surface area contributed by atoms with Crippen molar-refractivity contribution in [3.05, 3.63) is 36.9 Å². The lowest BCUT2D eigenvalue weighted by Crippen LogP contribution is -2.37. The Kier molecular flexibility index (Phi) is 4.13. The van der Waals surface area contributed by atoms with E-state index in [9.17, 15) is 4.79 Å². The van der Waals surface area contributed by atoms with E-state index >= 15 is 0 Å². The number of hydrogen-bond donors (Lipinski definition) is 1. The molecule has 0 radical (unpaired) electrons. The zero-order valence-electron chi connectivity index (χ0n) is 12.2. The molecule has 0 saturated carbocycles. The summed E-state index contributed by atoms with van der Waals surface area (Å²) in [5.41, 5.74) is 0. The van der Waals surface area contributed by atoms with E-state index in [4.69, 9.17) is 14.2 Å². The molecule has 0 aliphatic carbocycles. The minimum absolute atomic E-state index is 0.169. The lowest BCUT2D eigenvalue weighted by atomic mass is 10.3. The van der Waals surface area contributed by atoms with Crippen molar-refractivity contribution in [2.45, 2.75) is 19.6 Å². The lowest BCUT2D eigenvalue weighted by molar-refractivity contribution is -0.127. The van der Waals surface area contributed by atoms with E-state index in [0.29, 0.717) is 30.3 Å². The summed E-state index contributed by atoms with van der Waals surface area (Å²) in [4.78, 5) is 15.9. The van der Waals surface area contributed by atoms with Crippen LogP contribution in [0, 0.1) is 0 Å². The van der Waals surface area contributed by atoms with E-state index in [0.717, 1.165) is 0 Å². The largest absolute Gasteiger partial charge is 0.481 e. The molecule has 1 aliphatic rings. The van der Waals surface area contributed by atoms with Gasteiger partial charge in [-0.1, -0.05) is 0 Å². The number of aromatic nitrogens is 2. The van der Waals surface area contributed by atoms with Crippen LogP contribution in [0.2, 0.25) is 0 Å². The zero-order valence-corrected chi connectivity index (χ0v) is 12.2. The van der Waals surface area contributed by atoms with Gasteiger partial charge in [0.1, 0.15) is 5.75 Å². The highest BCUT2D eigenvalue weighted by Gasteiger charge is 2.17. The SMILES string of the molecule is CC(Oc1ccc2c(c1)OCO2)C(=O)NCCn1ccnc1. The second-order valence-electron chi connectivity index (χ2n) is 4.87. The van der Waals surface area contributed by atoms with Gasteiger partial charge in [-0.15, -0.1) is 0 Å². The highest BCUT2D eigenvalue weighted by Crippen LogP contribution is 2.35. The summed E-state index contributed by atoms with van der Waals surface area (Å²) in [7, 11) is 0. The highest BCUT2D eigenvalue weighted by molar-refractivity contribution is 5.80. The maximum Gasteiger partial charge on any atom is 0.260 e. The number of nitrogens with one attached hydrogen (secondary N) is 1. The van der Waals surface area contributed by atoms with Crippen LogP contribution in [0.25, 0.3) is 0 Å². The van der Waals surface area contributed by atoms with Crippen LogP contribution in [-0.4, -0.2) is 34.9 Å². The third-order valence-electron chi connectivity index (χ3n) is 3.25. The number of imidazole rings is 1. The van der Waals surface area contributed by atoms with E-state index in [1.54, 1.807) is 37.6 Å². The standard InChI is InChI=1S/C15H17N3O4/c1-11(15(19)17-5-7-18-6-4-16-9-18)22-12-2-3-13-14(8-12)21-10-20-13/h2-4,6,8-9,11H,5,7,10H2,1H3,(H,17,19). The van der Waals surface area contributed by atoms with Crippen molar-refractivity contribution < 1.29 is 19.0 Å². The average molecular weight is 303 g/mol. The Morgan fingerprint density at radius 1 is 1.45 bits per heavy atom. The smallest absolute Gasteiger partial charge is 0.260 e. The topological polar surface area (TPSA) is 74.6 Å². The Bertz CT molecular complexity index is 642. The average Bonchev–Trinajstić information content (AvgIpc) is 3.17. The molecule has 116 valence electrons. The minimum atomic E-state index is -0.594. The number of nitrogens with zero attached hydrogens (tertiary/aromatic N) is 2. The van der Waals surface area contributed by atoms with Crippen molar-refractivity contribution in [1.82, 2.24) is 14.9 Å². The van der Waals surface area contributed by atoms with Crippen molar-refractivity contribution in [2.75, 3.05) is 13.3 Å². The van der Waals surface area contributed by atoms with Crippen LogP contribution in [0.1, 0.15) is 6.92 Å². The van der Waals surface area contributed by atoms with Gasteiger partial charge >= 0.3 is 0 Å². The summed E-state index contributed by atoms with van der Waals surface area (Å²) < 4.78 is 18.0. The molecule has 22 heavy (non-hydrogen) atoms. The third kappa shape index (κ3) is 3.30. The van der Waals surface area contributed by atoms with Crippen LogP contribution in [-0.2, 0) is 11.3 Å². The predicted octanol–water partition coefficient (Wildman–Crippen LogP) is 1.20. The van der Waals surface area contributed by atoms with Crippen LogP contribution < -0.4 is 19.5 Å². The summed E-state index contributed by atoms with van der Waals surface area (Å²) >= 11 is 0. The fraction of sp³-hybridized carbons (Fsp3) is 0.333. The van der Waals surface area contributed by atoms with E-state index < -0.39 is 6.10 Å². The van der Waals surface area contributed by atoms with Crippen LogP contribution >= 0.6 is 0 Å². The Labute approximate surface area is 127 Å². The number of carbonyl (C=O) groups excluding carboxylic acids is 1. The van der Waals surface area contributed by atoms with Crippen LogP contribution in [0.15, 0.2) is 36.9 Å². The first kappa shape index (κ1) is 14.2. The molecule has 3 rings (SSSR count). The Balaban J connectivity index is 1.48. The van der Waals surface area contributed by atoms with Gasteiger partial charge in [-0.05, 0) is 19.1 Å². The van der Waals surface area contributed by atoms with Gasteiger partial charge in [0.25, 0.3) is 5.91 Å². The second-order valence-corrected chi connectivity index (χ2v) is 4.87. The van der Waals surface area contributed by atoms with Crippen molar-refractivity contribution in [3.63, 3.8) is 0 Å². The summed E-state index contributed by atoms with van der Waals surface area (Å²) in [6, 6.07) is 5.24. The first-order chi connectivity index (χ1) is 10.7. The molecule has 1 amide bonds. The zero-order chi connectivity index (χ0) is 15.4. The lowest BCUT2D eigenvalue weighted by Gasteiger charge is -2.15. The number of carbonyl (C=O) groups is 1. The van der Waals surface area contributed by atoms with Gasteiger partial charge in [-0.2, -0.15) is 0 Å². The van der Waals surface area contributed by atoms with Gasteiger partial charge in [0, 0.05) is 31.5 Å². The molecule has 7 nitrogen and oxygen atoms in total. The van der Waals surface area contributed by atoms with Crippen LogP contribution in [0.5, 0.6) is 17.2 Å². The molecule has 1 aliphatic heterocycles. The number of ether oxygens (including phenoxy) is 3. The van der Waals surface area contributed by atoms with Crippen molar-refractivity contribution in [1.29, 1.82) is 0 Å². The van der Waals surface area contributed by atoms with E-state index in [1.165, 1.54) is 0 Å². The molecular weight excluding hydrogens is 286 g/mol. The summed E-state index contributed by atoms with van der Waals surface area (Å²) in [5.74, 6) is 1.72. The predicted molar refractivity (Wildman–Crippen MR) is 77.9 cm³/mol. The quantitative estimate of drug-likeness (QED) is 0.868. The first-order valence-electron chi connectivity index (χ1n) is 7.02. The normalized spacial score (nSPS) is 13.7. The molecule has 1 unspecified atom stereocenters. The number of rotatable bonds is 6. The van der Waals surface area contributed by atoms with Gasteiger partial charge in [-0.3, -0.25) is 4.79 Å². The van der Waals surface area contributed by atoms with E-state index in [-0.39, 0.29) is 12.7 Å². The summed E-state index contributed by atoms with van der Waals surface area (Å²) in [6.45, 7) is 3.10. The fourth-order valence-corrected chi connectivity index (χ4v) is 2.08. The molecular formula is C15H17N3O4. The molecule has 0 fully saturated rings. The van der Waals surface area contributed by atoms with E-state index in [2.05, 4.69) is 10.3 Å². The molecule has 1 aromatic carbocycles. The Morgan fingerprint density at radius 3 is 3.14 bits per heavy atom. The number of benzene rings is 1. The van der Waals surface area contributed by atoms with E-state index in [1.807, 2.05) is 10.8 Å². The number of amides is 1. The van der Waals surface area contributed by atoms with Gasteiger partial charge in [0.2, 0.25) is 6.79 Å². The molecule has 1 atom stereocenters. The van der Waals surface area contributed by atoms with Gasteiger partial charge in [0.15, 0.2) is 17.6 Å². The highest BCUT2D eigenvalue weighted by atomic mass is 16.7. The van der Waals surface area contributed by atoms with Crippen molar-refractivity contribution >= 4 is 5.91 Å². The maximum atomic E-state index is 12.0. The van der Waals surface area contributed by atoms with Crippen molar-refractivity contribution in [3.8, 4) is 17.2 Å². The maximum absolute atomic E-state index is 12.0. The molecule has 2 heterocycles. The Morgan fingerprint density at radius 2 is 2.32 bits per heavy atom. The van der Waals surface area contributed by atoms with Gasteiger partial charge in [0.05, 0.1) is 6.33 Å². The summed E-state index contributed by atoms with van der Waals surface area (Å²) in [5, 5.41) is 2.82. The fourth-order valence-electron chi connectivity index (χ4n) is 2.08. The second kappa shape index (κ2) is 6.38. The molecule has 0 saturated heterocycles. The monoisotopic (exact) mass is 303 g/mol. The number of fused-ring (bicyclic) bond motifs is 1. The number of hydrogen-bond acceptors (Lipinski definition) is 5. The molecule has 0 spiro atoms. The molecule has 1 N–H and O–H groups in total. The molecule has 7 heteroatoms. The third-order valence-corrected chi connectivity index (χ3v) is 3.25. The van der Waals surface area contributed by atoms with Gasteiger partial charge < -0.3 is 24.1 Å². The summed E-state index contributed by atoms with van der Waals surface area (Å²) in [6.07, 6.45) is 4.66. The van der Waals surface area contributed by atoms with Crippen LogP contribution in [0.4, 0.5) is 0 Å². The minimum Gasteiger partial charge on any atom is -0.481 e.